The average molecular weight is 663 g/mol. The highest BCUT2D eigenvalue weighted by Crippen LogP contribution is 2.13. The van der Waals surface area contributed by atoms with E-state index < -0.39 is 11.2 Å². The molecule has 0 aliphatic heterocycles. The maximum Gasteiger partial charge on any atom is 0.335 e. The summed E-state index contributed by atoms with van der Waals surface area (Å²) in [6.07, 6.45) is 0. The number of aromatic carboxylic acids is 1. The molecule has 0 atom stereocenters. The third-order valence-electron chi connectivity index (χ3n) is 6.84. The second-order valence-electron chi connectivity index (χ2n) is 10.6. The number of hydrogen-bond donors (Lipinski definition) is 1. The monoisotopic (exact) mass is 662 g/mol. The molecule has 3 nitrogen and oxygen atoms in total. The molecule has 0 aromatic heterocycles. The van der Waals surface area contributed by atoms with Gasteiger partial charge in [0.05, 0.1) is 5.56 Å². The van der Waals surface area contributed by atoms with Gasteiger partial charge in [-0.25, -0.2) is 4.79 Å². The first kappa shape index (κ1) is 34.3. The molecule has 0 amide bonds. The van der Waals surface area contributed by atoms with Crippen LogP contribution in [0.25, 0.3) is 0 Å². The lowest BCUT2D eigenvalue weighted by atomic mass is 10.0. The molecule has 0 spiro atoms. The summed E-state index contributed by atoms with van der Waals surface area (Å²) in [5.74, 6) is 23.4. The zero-order chi connectivity index (χ0) is 35.0. The van der Waals surface area contributed by atoms with E-state index in [1.165, 1.54) is 0 Å². The number of rotatable bonds is 2. The zero-order valence-electron chi connectivity index (χ0n) is 26.7. The first-order chi connectivity index (χ1) is 24.4. The lowest BCUT2D eigenvalue weighted by Gasteiger charge is -1.99. The van der Waals surface area contributed by atoms with Crippen LogP contribution in [0, 0.1) is 47.4 Å². The molecular weight excluding hydrogens is 636 g/mol. The Balaban J connectivity index is 0.000000194. The third-order valence-corrected chi connectivity index (χ3v) is 7.06. The lowest BCUT2D eigenvalue weighted by molar-refractivity contribution is 0.0696. The van der Waals surface area contributed by atoms with Gasteiger partial charge < -0.3 is 5.11 Å². The van der Waals surface area contributed by atoms with E-state index in [-0.39, 0.29) is 5.56 Å². The molecule has 0 bridgehead atoms. The largest absolute Gasteiger partial charge is 0.478 e. The van der Waals surface area contributed by atoms with Gasteiger partial charge in [-0.1, -0.05) is 120 Å². The highest BCUT2D eigenvalue weighted by atomic mass is 35.5. The van der Waals surface area contributed by atoms with Crippen LogP contribution in [0.5, 0.6) is 0 Å². The van der Waals surface area contributed by atoms with E-state index in [0.29, 0.717) is 27.8 Å². The predicted molar refractivity (Wildman–Crippen MR) is 200 cm³/mol. The van der Waals surface area contributed by atoms with Gasteiger partial charge in [-0.2, -0.15) is 0 Å². The molecule has 0 saturated heterocycles. The fourth-order valence-corrected chi connectivity index (χ4v) is 4.55. The first-order valence-electron chi connectivity index (χ1n) is 15.4. The Kier molecular flexibility index (Phi) is 12.2. The predicted octanol–water partition coefficient (Wildman–Crippen LogP) is 9.05. The van der Waals surface area contributed by atoms with Crippen LogP contribution < -0.4 is 0 Å². The fourth-order valence-electron chi connectivity index (χ4n) is 4.44. The van der Waals surface area contributed by atoms with E-state index in [2.05, 4.69) is 47.4 Å². The van der Waals surface area contributed by atoms with E-state index in [0.717, 1.165) is 22.3 Å². The van der Waals surface area contributed by atoms with Crippen LogP contribution in [0.2, 0.25) is 0 Å². The fraction of sp³-hybridized carbons (Fsp3) is 0. The van der Waals surface area contributed by atoms with Crippen molar-refractivity contribution in [1.29, 1.82) is 0 Å². The minimum Gasteiger partial charge on any atom is -0.478 e. The Morgan fingerprint density at radius 1 is 0.360 bits per heavy atom. The van der Waals surface area contributed by atoms with E-state index >= 15 is 0 Å². The van der Waals surface area contributed by atoms with Crippen molar-refractivity contribution in [1.82, 2.24) is 0 Å². The topological polar surface area (TPSA) is 54.4 Å². The summed E-state index contributed by atoms with van der Waals surface area (Å²) in [4.78, 5) is 22.9. The molecule has 0 fully saturated rings. The van der Waals surface area contributed by atoms with E-state index in [9.17, 15) is 14.7 Å². The molecule has 6 rings (SSSR count). The minimum absolute atomic E-state index is 0.178. The molecule has 0 heterocycles. The van der Waals surface area contributed by atoms with E-state index in [4.69, 9.17) is 11.6 Å². The standard InChI is InChI=1S/C23H13ClO.C23H14O2/c2*24-23(25)22-16-20(13-11-18-7-3-1-4-8-18)15-21(17-22)14-12-19-9-5-2-6-10-19/h1-10,15-17H;1-10,15-17H,(H,24,25). The summed E-state index contributed by atoms with van der Waals surface area (Å²) in [6, 6.07) is 48.6. The van der Waals surface area contributed by atoms with Crippen molar-refractivity contribution in [2.24, 2.45) is 0 Å². The molecule has 0 aliphatic rings. The second kappa shape index (κ2) is 17.8. The molecular formula is C46H27ClO3. The Morgan fingerprint density at radius 2 is 0.600 bits per heavy atom. The van der Waals surface area contributed by atoms with Crippen molar-refractivity contribution in [2.45, 2.75) is 0 Å². The van der Waals surface area contributed by atoms with Crippen LogP contribution in [0.1, 0.15) is 65.2 Å². The molecule has 0 radical (unpaired) electrons. The van der Waals surface area contributed by atoms with Crippen molar-refractivity contribution in [2.75, 3.05) is 0 Å². The molecule has 6 aromatic rings. The summed E-state index contributed by atoms with van der Waals surface area (Å²) in [7, 11) is 0. The van der Waals surface area contributed by atoms with Gasteiger partial charge >= 0.3 is 5.97 Å². The van der Waals surface area contributed by atoms with Crippen LogP contribution in [-0.2, 0) is 0 Å². The average Bonchev–Trinajstić information content (AvgIpc) is 3.16. The van der Waals surface area contributed by atoms with Crippen molar-refractivity contribution in [3.8, 4) is 47.4 Å². The Morgan fingerprint density at radius 3 is 0.840 bits per heavy atom. The zero-order valence-corrected chi connectivity index (χ0v) is 27.4. The molecule has 0 unspecified atom stereocenters. The van der Waals surface area contributed by atoms with Gasteiger partial charge in [0.2, 0.25) is 0 Å². The molecule has 1 N–H and O–H groups in total. The second-order valence-corrected chi connectivity index (χ2v) is 11.0. The lowest BCUT2D eigenvalue weighted by Crippen LogP contribution is -1.97. The molecule has 0 saturated carbocycles. The number of halogens is 1. The van der Waals surface area contributed by atoms with Gasteiger partial charge in [0.25, 0.3) is 5.24 Å². The third kappa shape index (κ3) is 11.1. The summed E-state index contributed by atoms with van der Waals surface area (Å²) < 4.78 is 0. The van der Waals surface area contributed by atoms with Crippen molar-refractivity contribution in [3.05, 3.63) is 213 Å². The smallest absolute Gasteiger partial charge is 0.335 e. The van der Waals surface area contributed by atoms with Gasteiger partial charge in [-0.05, 0) is 96.5 Å². The Bertz CT molecular complexity index is 2050. The summed E-state index contributed by atoms with van der Waals surface area (Å²) in [5.41, 5.74) is 6.78. The molecule has 236 valence electrons. The van der Waals surface area contributed by atoms with Crippen LogP contribution in [0.15, 0.2) is 158 Å². The van der Waals surface area contributed by atoms with E-state index in [1.807, 2.05) is 127 Å². The number of hydrogen-bond acceptors (Lipinski definition) is 2. The maximum atomic E-state index is 11.6. The summed E-state index contributed by atoms with van der Waals surface area (Å²) >= 11 is 5.65. The van der Waals surface area contributed by atoms with Gasteiger partial charge in [0.15, 0.2) is 0 Å². The van der Waals surface area contributed by atoms with Gasteiger partial charge in [0.1, 0.15) is 0 Å². The molecule has 4 heteroatoms. The van der Waals surface area contributed by atoms with Crippen LogP contribution >= 0.6 is 11.6 Å². The van der Waals surface area contributed by atoms with Crippen LogP contribution in [0.4, 0.5) is 0 Å². The molecule has 50 heavy (non-hydrogen) atoms. The van der Waals surface area contributed by atoms with Crippen LogP contribution in [0.3, 0.4) is 0 Å². The van der Waals surface area contributed by atoms with Crippen molar-refractivity contribution in [3.63, 3.8) is 0 Å². The minimum atomic E-state index is -0.994. The number of benzene rings is 6. The highest BCUT2D eigenvalue weighted by Gasteiger charge is 2.06. The summed E-state index contributed by atoms with van der Waals surface area (Å²) in [6.45, 7) is 0. The Labute approximate surface area is 297 Å². The number of carboxylic acid groups (broad SMARTS) is 1. The Hall–Kier alpha value is -7.01. The van der Waals surface area contributed by atoms with E-state index in [1.54, 1.807) is 30.3 Å². The van der Waals surface area contributed by atoms with Gasteiger partial charge in [-0.15, -0.1) is 0 Å². The summed E-state index contributed by atoms with van der Waals surface area (Å²) in [5, 5.41) is 8.79. The maximum absolute atomic E-state index is 11.6. The SMILES string of the molecule is O=C(Cl)c1cc(C#Cc2ccccc2)cc(C#Cc2ccccc2)c1.O=C(O)c1cc(C#Cc2ccccc2)cc(C#Cc2ccccc2)c1. The quantitative estimate of drug-likeness (QED) is 0.149. The number of carbonyl (C=O) groups excluding carboxylic acids is 1. The molecule has 0 aliphatic carbocycles. The number of carbonyl (C=O) groups is 2. The first-order valence-corrected chi connectivity index (χ1v) is 15.8. The van der Waals surface area contributed by atoms with Gasteiger partial charge in [0, 0.05) is 50.1 Å². The normalized spacial score (nSPS) is 9.30. The van der Waals surface area contributed by atoms with Gasteiger partial charge in [-0.3, -0.25) is 4.79 Å². The highest BCUT2D eigenvalue weighted by molar-refractivity contribution is 6.67. The van der Waals surface area contributed by atoms with Crippen molar-refractivity contribution < 1.29 is 14.7 Å². The van der Waals surface area contributed by atoms with Crippen molar-refractivity contribution >= 4 is 22.8 Å². The van der Waals surface area contributed by atoms with Crippen LogP contribution in [-0.4, -0.2) is 16.3 Å². The number of carboxylic acids is 1. The molecule has 6 aromatic carbocycles.